The van der Waals surface area contributed by atoms with Crippen molar-refractivity contribution >= 4 is 26.5 Å². The molecule has 19 heavy (non-hydrogen) atoms. The molecule has 0 saturated carbocycles. The molecule has 0 aliphatic carbocycles. The number of aliphatic hydroxyl groups is 1. The third-order valence-corrected chi connectivity index (χ3v) is 6.86. The largest absolute Gasteiger partial charge is 0.396 e. The fourth-order valence-corrected chi connectivity index (χ4v) is 5.62. The molecule has 1 atom stereocenters. The van der Waals surface area contributed by atoms with Crippen molar-refractivity contribution < 1.29 is 13.5 Å². The smallest absolute Gasteiger partial charge is 0.254 e. The van der Waals surface area contributed by atoms with Gasteiger partial charge in [-0.05, 0) is 32.6 Å². The second-order valence-electron chi connectivity index (χ2n) is 4.70. The molecule has 0 radical (unpaired) electrons. The van der Waals surface area contributed by atoms with Crippen molar-refractivity contribution in [2.75, 3.05) is 18.9 Å². The predicted molar refractivity (Wildman–Crippen MR) is 74.5 cm³/mol. The summed E-state index contributed by atoms with van der Waals surface area (Å²) in [5.41, 5.74) is 6.05. The van der Waals surface area contributed by atoms with E-state index >= 15 is 0 Å². The van der Waals surface area contributed by atoms with Crippen LogP contribution >= 0.6 is 11.3 Å². The van der Waals surface area contributed by atoms with Crippen LogP contribution < -0.4 is 5.73 Å². The number of aromatic nitrogens is 1. The zero-order valence-electron chi connectivity index (χ0n) is 10.9. The molecule has 0 spiro atoms. The number of nitrogens with zero attached hydrogens (tertiary/aromatic N) is 2. The van der Waals surface area contributed by atoms with Crippen molar-refractivity contribution in [3.8, 4) is 0 Å². The highest BCUT2D eigenvalue weighted by molar-refractivity contribution is 7.91. The first-order valence-electron chi connectivity index (χ1n) is 6.32. The van der Waals surface area contributed by atoms with Gasteiger partial charge in [0.1, 0.15) is 0 Å². The Kier molecular flexibility index (Phi) is 4.44. The average molecular weight is 305 g/mol. The minimum absolute atomic E-state index is 0.0140. The van der Waals surface area contributed by atoms with Gasteiger partial charge in [0.15, 0.2) is 9.34 Å². The lowest BCUT2D eigenvalue weighted by Gasteiger charge is -2.23. The summed E-state index contributed by atoms with van der Waals surface area (Å²) in [5.74, 6) is 0. The van der Waals surface area contributed by atoms with Gasteiger partial charge < -0.3 is 10.8 Å². The average Bonchev–Trinajstić information content (AvgIpc) is 2.93. The molecule has 1 fully saturated rings. The maximum atomic E-state index is 12.6. The molecule has 1 aromatic rings. The molecule has 1 unspecified atom stereocenters. The molecule has 2 rings (SSSR count). The Morgan fingerprint density at radius 1 is 1.58 bits per heavy atom. The van der Waals surface area contributed by atoms with Crippen molar-refractivity contribution in [3.05, 3.63) is 5.69 Å². The van der Waals surface area contributed by atoms with Gasteiger partial charge in [-0.2, -0.15) is 4.31 Å². The number of thiazole rings is 1. The lowest BCUT2D eigenvalue weighted by Crippen LogP contribution is -2.35. The molecule has 3 N–H and O–H groups in total. The molecule has 0 bridgehead atoms. The molecule has 1 aliphatic heterocycles. The summed E-state index contributed by atoms with van der Waals surface area (Å²) in [6, 6.07) is -0.0140. The van der Waals surface area contributed by atoms with Crippen molar-refractivity contribution in [3.63, 3.8) is 0 Å². The second-order valence-corrected chi connectivity index (χ2v) is 7.82. The number of sulfonamides is 1. The van der Waals surface area contributed by atoms with Crippen molar-refractivity contribution in [1.29, 1.82) is 0 Å². The number of hydrogen-bond acceptors (Lipinski definition) is 6. The summed E-state index contributed by atoms with van der Waals surface area (Å²) in [6.07, 6.45) is 3.04. The van der Waals surface area contributed by atoms with Gasteiger partial charge >= 0.3 is 0 Å². The minimum atomic E-state index is -3.50. The summed E-state index contributed by atoms with van der Waals surface area (Å²) in [5, 5.41) is 9.17. The highest BCUT2D eigenvalue weighted by Gasteiger charge is 2.37. The Labute approximate surface area is 117 Å². The van der Waals surface area contributed by atoms with Crippen molar-refractivity contribution in [2.45, 2.75) is 42.9 Å². The van der Waals surface area contributed by atoms with Gasteiger partial charge in [-0.15, -0.1) is 0 Å². The SMILES string of the molecule is Cc1nc(N)sc1S(=O)(=O)N1CCCC1CCCO. The second kappa shape index (κ2) is 5.74. The summed E-state index contributed by atoms with van der Waals surface area (Å²) in [4.78, 5) is 3.99. The van der Waals surface area contributed by atoms with E-state index in [1.54, 1.807) is 11.2 Å². The van der Waals surface area contributed by atoms with E-state index < -0.39 is 10.0 Å². The van der Waals surface area contributed by atoms with E-state index in [1.165, 1.54) is 0 Å². The van der Waals surface area contributed by atoms with E-state index in [4.69, 9.17) is 10.8 Å². The van der Waals surface area contributed by atoms with E-state index in [1.807, 2.05) is 0 Å². The van der Waals surface area contributed by atoms with Gasteiger partial charge in [0.2, 0.25) is 0 Å². The van der Waals surface area contributed by atoms with Crippen LogP contribution in [0.15, 0.2) is 4.21 Å². The lowest BCUT2D eigenvalue weighted by molar-refractivity contribution is 0.264. The Hall–Kier alpha value is -0.700. The number of aliphatic hydroxyl groups excluding tert-OH is 1. The first kappa shape index (κ1) is 14.7. The van der Waals surface area contributed by atoms with Gasteiger partial charge in [0.25, 0.3) is 10.0 Å². The highest BCUT2D eigenvalue weighted by atomic mass is 32.2. The molecular formula is C11H19N3O3S2. The van der Waals surface area contributed by atoms with Crippen LogP contribution in [0.4, 0.5) is 5.13 Å². The summed E-state index contributed by atoms with van der Waals surface area (Å²) in [6.45, 7) is 2.30. The monoisotopic (exact) mass is 305 g/mol. The molecule has 0 aromatic carbocycles. The van der Waals surface area contributed by atoms with Crippen LogP contribution in [0.2, 0.25) is 0 Å². The van der Waals surface area contributed by atoms with Crippen LogP contribution in [0, 0.1) is 6.92 Å². The summed E-state index contributed by atoms with van der Waals surface area (Å²) in [7, 11) is -3.50. The fraction of sp³-hybridized carbons (Fsp3) is 0.727. The van der Waals surface area contributed by atoms with Crippen LogP contribution in [0.1, 0.15) is 31.4 Å². The molecule has 1 saturated heterocycles. The first-order chi connectivity index (χ1) is 8.96. The van der Waals surface area contributed by atoms with Gasteiger partial charge in [0.05, 0.1) is 5.69 Å². The quantitative estimate of drug-likeness (QED) is 0.844. The number of rotatable bonds is 5. The number of anilines is 1. The third kappa shape index (κ3) is 2.91. The van der Waals surface area contributed by atoms with E-state index in [0.29, 0.717) is 25.1 Å². The van der Waals surface area contributed by atoms with E-state index in [-0.39, 0.29) is 22.0 Å². The Morgan fingerprint density at radius 3 is 2.89 bits per heavy atom. The Morgan fingerprint density at radius 2 is 2.32 bits per heavy atom. The Bertz CT molecular complexity index is 541. The number of nitrogen functional groups attached to an aromatic ring is 1. The summed E-state index contributed by atoms with van der Waals surface area (Å²) >= 11 is 1.02. The Balaban J connectivity index is 2.26. The normalized spacial score (nSPS) is 21.1. The molecule has 8 heteroatoms. The van der Waals surface area contributed by atoms with Crippen LogP contribution in [-0.4, -0.2) is 42.0 Å². The van der Waals surface area contributed by atoms with Gasteiger partial charge in [-0.3, -0.25) is 0 Å². The molecule has 108 valence electrons. The molecule has 0 amide bonds. The van der Waals surface area contributed by atoms with Gasteiger partial charge in [0, 0.05) is 19.2 Å². The molecule has 2 heterocycles. The third-order valence-electron chi connectivity index (χ3n) is 3.33. The maximum Gasteiger partial charge on any atom is 0.254 e. The molecule has 1 aromatic heterocycles. The lowest BCUT2D eigenvalue weighted by atomic mass is 10.1. The topological polar surface area (TPSA) is 96.5 Å². The van der Waals surface area contributed by atoms with Crippen molar-refractivity contribution in [1.82, 2.24) is 9.29 Å². The van der Waals surface area contributed by atoms with Crippen LogP contribution in [-0.2, 0) is 10.0 Å². The van der Waals surface area contributed by atoms with Crippen LogP contribution in [0.5, 0.6) is 0 Å². The summed E-state index contributed by atoms with van der Waals surface area (Å²) < 4.78 is 27.0. The number of hydrogen-bond donors (Lipinski definition) is 2. The van der Waals surface area contributed by atoms with Gasteiger partial charge in [-0.1, -0.05) is 11.3 Å². The minimum Gasteiger partial charge on any atom is -0.396 e. The predicted octanol–water partition coefficient (Wildman–Crippen LogP) is 0.959. The van der Waals surface area contributed by atoms with E-state index in [9.17, 15) is 8.42 Å². The number of aryl methyl sites for hydroxylation is 1. The number of nitrogens with two attached hydrogens (primary N) is 1. The fourth-order valence-electron chi connectivity index (χ4n) is 2.49. The highest BCUT2D eigenvalue weighted by Crippen LogP contribution is 2.33. The molecular weight excluding hydrogens is 286 g/mol. The van der Waals surface area contributed by atoms with Crippen LogP contribution in [0.25, 0.3) is 0 Å². The zero-order chi connectivity index (χ0) is 14.0. The van der Waals surface area contributed by atoms with E-state index in [2.05, 4.69) is 4.98 Å². The first-order valence-corrected chi connectivity index (χ1v) is 8.58. The standard InChI is InChI=1S/C11H19N3O3S2/c1-8-10(18-11(12)13-8)19(16,17)14-6-2-4-9(14)5-3-7-15/h9,15H,2-7H2,1H3,(H2,12,13). The molecule has 1 aliphatic rings. The van der Waals surface area contributed by atoms with E-state index in [0.717, 1.165) is 24.2 Å². The van der Waals surface area contributed by atoms with Crippen LogP contribution in [0.3, 0.4) is 0 Å². The van der Waals surface area contributed by atoms with Gasteiger partial charge in [-0.25, -0.2) is 13.4 Å². The molecule has 6 nitrogen and oxygen atoms in total. The maximum absolute atomic E-state index is 12.6. The zero-order valence-corrected chi connectivity index (χ0v) is 12.5. The van der Waals surface area contributed by atoms with Crippen molar-refractivity contribution in [2.24, 2.45) is 0 Å².